The lowest BCUT2D eigenvalue weighted by molar-refractivity contribution is -0.133. The predicted molar refractivity (Wildman–Crippen MR) is 140 cm³/mol. The summed E-state index contributed by atoms with van der Waals surface area (Å²) in [5.74, 6) is 1.04. The first-order chi connectivity index (χ1) is 16.7. The first-order valence-corrected chi connectivity index (χ1v) is 13.0. The van der Waals surface area contributed by atoms with Gasteiger partial charge in [-0.25, -0.2) is 0 Å². The molecule has 2 aliphatic heterocycles. The minimum atomic E-state index is -0.146. The third-order valence-corrected chi connectivity index (χ3v) is 8.00. The Bertz CT molecular complexity index is 1060. The zero-order chi connectivity index (χ0) is 25.1. The molecular weight excluding hydrogens is 509 g/mol. The van der Waals surface area contributed by atoms with Gasteiger partial charge in [-0.2, -0.15) is 0 Å². The molecule has 9 heteroatoms. The molecule has 4 rings (SSSR count). The van der Waals surface area contributed by atoms with Gasteiger partial charge in [-0.15, -0.1) is 0 Å². The largest absolute Gasteiger partial charge is 0.490 e. The van der Waals surface area contributed by atoms with Crippen molar-refractivity contribution < 1.29 is 14.3 Å². The van der Waals surface area contributed by atoms with Crippen LogP contribution in [0.3, 0.4) is 0 Å². The quantitative estimate of drug-likeness (QED) is 0.529. The molecule has 2 aliphatic rings. The Morgan fingerprint density at radius 1 is 0.943 bits per heavy atom. The summed E-state index contributed by atoms with van der Waals surface area (Å²) >= 11 is 18.5. The third kappa shape index (κ3) is 6.42. The Morgan fingerprint density at radius 3 is 2.26 bits per heavy atom. The van der Waals surface area contributed by atoms with E-state index in [1.807, 2.05) is 41.0 Å². The van der Waals surface area contributed by atoms with E-state index in [1.165, 1.54) is 0 Å². The average Bonchev–Trinajstić information content (AvgIpc) is 3.28. The molecule has 0 spiro atoms. The van der Waals surface area contributed by atoms with Crippen LogP contribution in [0, 0.1) is 5.92 Å². The van der Waals surface area contributed by atoms with Gasteiger partial charge in [-0.1, -0.05) is 40.9 Å². The summed E-state index contributed by atoms with van der Waals surface area (Å²) < 4.78 is 6.27. The van der Waals surface area contributed by atoms with Crippen molar-refractivity contribution in [3.63, 3.8) is 0 Å². The van der Waals surface area contributed by atoms with Gasteiger partial charge in [-0.05, 0) is 48.9 Å². The van der Waals surface area contributed by atoms with Gasteiger partial charge in [0.25, 0.3) is 0 Å². The molecule has 0 aliphatic carbocycles. The van der Waals surface area contributed by atoms with E-state index >= 15 is 0 Å². The molecule has 1 unspecified atom stereocenters. The summed E-state index contributed by atoms with van der Waals surface area (Å²) in [4.78, 5) is 30.8. The van der Waals surface area contributed by atoms with E-state index in [4.69, 9.17) is 39.5 Å². The Morgan fingerprint density at radius 2 is 1.63 bits per heavy atom. The van der Waals surface area contributed by atoms with Crippen LogP contribution in [0.5, 0.6) is 5.75 Å². The lowest BCUT2D eigenvalue weighted by Gasteiger charge is -2.34. The summed E-state index contributed by atoms with van der Waals surface area (Å²) in [6.07, 6.45) is -0.146. The first kappa shape index (κ1) is 26.1. The van der Waals surface area contributed by atoms with E-state index in [0.717, 1.165) is 11.3 Å². The highest BCUT2D eigenvalue weighted by molar-refractivity contribution is 6.42. The normalized spacial score (nSPS) is 21.7. The van der Waals surface area contributed by atoms with Crippen LogP contribution in [0.15, 0.2) is 42.5 Å². The fraction of sp³-hybridized carbons (Fsp3) is 0.462. The SMILES string of the molecule is CC(=O)N1CCN(CC(=O)N2CC([C@@H](C)Oc3ccc(Cl)cc3)[C@H](c3ccc(Cl)c(Cl)c3)C2)CC1. The second-order valence-corrected chi connectivity index (χ2v) is 10.6. The summed E-state index contributed by atoms with van der Waals surface area (Å²) in [6, 6.07) is 13.0. The van der Waals surface area contributed by atoms with Gasteiger partial charge in [0.15, 0.2) is 0 Å². The summed E-state index contributed by atoms with van der Waals surface area (Å²) in [6.45, 7) is 7.87. The molecule has 2 amide bonds. The van der Waals surface area contributed by atoms with E-state index in [2.05, 4.69) is 4.90 Å². The monoisotopic (exact) mass is 537 g/mol. The van der Waals surface area contributed by atoms with Crippen LogP contribution >= 0.6 is 34.8 Å². The van der Waals surface area contributed by atoms with E-state index < -0.39 is 0 Å². The van der Waals surface area contributed by atoms with Crippen molar-refractivity contribution in [2.75, 3.05) is 45.8 Å². The van der Waals surface area contributed by atoms with Gasteiger partial charge in [0.1, 0.15) is 11.9 Å². The zero-order valence-corrected chi connectivity index (χ0v) is 22.2. The summed E-state index contributed by atoms with van der Waals surface area (Å²) in [7, 11) is 0. The number of piperazine rings is 1. The number of nitrogens with zero attached hydrogens (tertiary/aromatic N) is 3. The molecule has 2 heterocycles. The van der Waals surface area contributed by atoms with Crippen molar-refractivity contribution in [1.29, 1.82) is 0 Å². The number of halogens is 3. The highest BCUT2D eigenvalue weighted by Crippen LogP contribution is 2.38. The van der Waals surface area contributed by atoms with Crippen LogP contribution in [0.4, 0.5) is 0 Å². The minimum absolute atomic E-state index is 0.0607. The molecule has 6 nitrogen and oxygen atoms in total. The van der Waals surface area contributed by atoms with Gasteiger partial charge < -0.3 is 14.5 Å². The molecule has 0 N–H and O–H groups in total. The summed E-state index contributed by atoms with van der Waals surface area (Å²) in [5.41, 5.74) is 1.04. The number of carbonyl (C=O) groups is 2. The lowest BCUT2D eigenvalue weighted by atomic mass is 9.85. The zero-order valence-electron chi connectivity index (χ0n) is 19.9. The van der Waals surface area contributed by atoms with Gasteiger partial charge in [0.05, 0.1) is 16.6 Å². The van der Waals surface area contributed by atoms with Crippen LogP contribution in [-0.2, 0) is 9.59 Å². The standard InChI is InChI=1S/C26H30Cl3N3O3/c1-17(35-21-6-4-20(27)5-7-21)22-14-32(15-23(22)19-3-8-24(28)25(29)13-19)26(34)16-30-9-11-31(12-10-30)18(2)33/h3-8,13,17,22-23H,9-12,14-16H2,1-2H3/t17-,22?,23+/m1/s1. The van der Waals surface area contributed by atoms with Gasteiger partial charge in [0, 0.05) is 63.1 Å². The molecule has 0 radical (unpaired) electrons. The molecule has 2 aromatic carbocycles. The predicted octanol–water partition coefficient (Wildman–Crippen LogP) is 4.82. The Balaban J connectivity index is 1.47. The molecule has 188 valence electrons. The first-order valence-electron chi connectivity index (χ1n) is 11.8. The molecule has 2 fully saturated rings. The van der Waals surface area contributed by atoms with Crippen molar-refractivity contribution in [3.05, 3.63) is 63.1 Å². The van der Waals surface area contributed by atoms with E-state index in [-0.39, 0.29) is 29.8 Å². The van der Waals surface area contributed by atoms with E-state index in [0.29, 0.717) is 60.9 Å². The minimum Gasteiger partial charge on any atom is -0.490 e. The number of ether oxygens (including phenoxy) is 1. The van der Waals surface area contributed by atoms with Crippen LogP contribution < -0.4 is 4.74 Å². The number of rotatable bonds is 6. The number of amides is 2. The smallest absolute Gasteiger partial charge is 0.236 e. The molecule has 2 aromatic rings. The Labute approximate surface area is 221 Å². The van der Waals surface area contributed by atoms with E-state index in [9.17, 15) is 9.59 Å². The third-order valence-electron chi connectivity index (χ3n) is 7.00. The average molecular weight is 539 g/mol. The molecule has 0 bridgehead atoms. The Hall–Kier alpha value is -1.99. The molecule has 0 aromatic heterocycles. The number of benzene rings is 2. The number of likely N-dealkylation sites (tertiary alicyclic amines) is 1. The molecule has 3 atom stereocenters. The highest BCUT2D eigenvalue weighted by atomic mass is 35.5. The maximum Gasteiger partial charge on any atom is 0.236 e. The van der Waals surface area contributed by atoms with Crippen molar-refractivity contribution in [3.8, 4) is 5.75 Å². The topological polar surface area (TPSA) is 53.1 Å². The summed E-state index contributed by atoms with van der Waals surface area (Å²) in [5, 5.41) is 1.66. The van der Waals surface area contributed by atoms with Crippen molar-refractivity contribution in [2.24, 2.45) is 5.92 Å². The Kier molecular flexibility index (Phi) is 8.48. The second-order valence-electron chi connectivity index (χ2n) is 9.30. The van der Waals surface area contributed by atoms with Gasteiger partial charge >= 0.3 is 0 Å². The van der Waals surface area contributed by atoms with Gasteiger partial charge in [0.2, 0.25) is 11.8 Å². The lowest BCUT2D eigenvalue weighted by Crippen LogP contribution is -2.51. The van der Waals surface area contributed by atoms with Crippen molar-refractivity contribution in [2.45, 2.75) is 25.9 Å². The van der Waals surface area contributed by atoms with Crippen LogP contribution in [0.1, 0.15) is 25.3 Å². The fourth-order valence-electron chi connectivity index (χ4n) is 4.93. The number of carbonyl (C=O) groups excluding carboxylic acids is 2. The maximum atomic E-state index is 13.3. The van der Waals surface area contributed by atoms with Crippen LogP contribution in [0.2, 0.25) is 15.1 Å². The number of hydrogen-bond donors (Lipinski definition) is 0. The second kappa shape index (κ2) is 11.4. The van der Waals surface area contributed by atoms with E-state index in [1.54, 1.807) is 25.1 Å². The molecule has 35 heavy (non-hydrogen) atoms. The van der Waals surface area contributed by atoms with Gasteiger partial charge in [-0.3, -0.25) is 14.5 Å². The molecule has 0 saturated carbocycles. The highest BCUT2D eigenvalue weighted by Gasteiger charge is 2.40. The van der Waals surface area contributed by atoms with Crippen LogP contribution in [0.25, 0.3) is 0 Å². The molecule has 2 saturated heterocycles. The van der Waals surface area contributed by atoms with Crippen molar-refractivity contribution >= 4 is 46.6 Å². The molecular formula is C26H30Cl3N3O3. The number of hydrogen-bond acceptors (Lipinski definition) is 4. The van der Waals surface area contributed by atoms with Crippen molar-refractivity contribution in [1.82, 2.24) is 14.7 Å². The van der Waals surface area contributed by atoms with Crippen LogP contribution in [-0.4, -0.2) is 78.4 Å². The maximum absolute atomic E-state index is 13.3. The fourth-order valence-corrected chi connectivity index (χ4v) is 5.36.